The normalized spacial score (nSPS) is 23.1. The van der Waals surface area contributed by atoms with Gasteiger partial charge in [-0.05, 0) is 20.5 Å². The van der Waals surface area contributed by atoms with E-state index in [2.05, 4.69) is 20.3 Å². The van der Waals surface area contributed by atoms with Crippen LogP contribution in [0.5, 0.6) is 0 Å². The molecule has 1 fully saturated rings. The van der Waals surface area contributed by atoms with Crippen LogP contribution in [-0.2, 0) is 0 Å². The SMILES string of the molecule is CN(C)CC1CC(O)CN1c1cc(NN)nc(N)n1. The second-order valence-electron chi connectivity index (χ2n) is 5.07. The molecule has 8 heteroatoms. The summed E-state index contributed by atoms with van der Waals surface area (Å²) in [5, 5.41) is 9.86. The molecule has 1 aliphatic rings. The minimum absolute atomic E-state index is 0.162. The van der Waals surface area contributed by atoms with Crippen molar-refractivity contribution in [3.63, 3.8) is 0 Å². The number of hydrazine groups is 1. The fourth-order valence-electron chi connectivity index (χ4n) is 2.44. The van der Waals surface area contributed by atoms with Crippen molar-refractivity contribution in [2.24, 2.45) is 5.84 Å². The maximum absolute atomic E-state index is 9.86. The zero-order chi connectivity index (χ0) is 14.0. The van der Waals surface area contributed by atoms with Gasteiger partial charge in [-0.1, -0.05) is 0 Å². The largest absolute Gasteiger partial charge is 0.391 e. The number of nitrogens with zero attached hydrogens (tertiary/aromatic N) is 4. The lowest BCUT2D eigenvalue weighted by Crippen LogP contribution is -2.38. The number of nitrogen functional groups attached to an aromatic ring is 2. The van der Waals surface area contributed by atoms with Crippen LogP contribution in [0.2, 0.25) is 0 Å². The molecule has 0 saturated carbocycles. The molecule has 0 spiro atoms. The Kier molecular flexibility index (Phi) is 4.03. The number of rotatable bonds is 4. The van der Waals surface area contributed by atoms with Crippen molar-refractivity contribution >= 4 is 17.6 Å². The topological polar surface area (TPSA) is 117 Å². The highest BCUT2D eigenvalue weighted by molar-refractivity contribution is 5.53. The summed E-state index contributed by atoms with van der Waals surface area (Å²) in [6, 6.07) is 1.93. The number of likely N-dealkylation sites (N-methyl/N-ethyl adjacent to an activating group) is 1. The summed E-state index contributed by atoms with van der Waals surface area (Å²) in [5.41, 5.74) is 8.13. The lowest BCUT2D eigenvalue weighted by atomic mass is 10.2. The molecule has 0 radical (unpaired) electrons. The Hall–Kier alpha value is -1.64. The monoisotopic (exact) mass is 267 g/mol. The van der Waals surface area contributed by atoms with E-state index in [0.717, 1.165) is 6.54 Å². The highest BCUT2D eigenvalue weighted by Crippen LogP contribution is 2.26. The third-order valence-corrected chi connectivity index (χ3v) is 3.14. The average molecular weight is 267 g/mol. The van der Waals surface area contributed by atoms with Crippen LogP contribution >= 0.6 is 0 Å². The smallest absolute Gasteiger partial charge is 0.223 e. The van der Waals surface area contributed by atoms with Crippen LogP contribution in [0.25, 0.3) is 0 Å². The van der Waals surface area contributed by atoms with E-state index >= 15 is 0 Å². The van der Waals surface area contributed by atoms with Crippen molar-refractivity contribution in [1.82, 2.24) is 14.9 Å². The molecule has 2 rings (SSSR count). The summed E-state index contributed by atoms with van der Waals surface area (Å²) < 4.78 is 0. The number of aromatic nitrogens is 2. The van der Waals surface area contributed by atoms with Gasteiger partial charge in [0.05, 0.1) is 6.10 Å². The van der Waals surface area contributed by atoms with Crippen molar-refractivity contribution in [2.45, 2.75) is 18.6 Å². The Morgan fingerprint density at radius 1 is 1.53 bits per heavy atom. The van der Waals surface area contributed by atoms with E-state index in [1.165, 1.54) is 0 Å². The first kappa shape index (κ1) is 13.8. The molecule has 106 valence electrons. The van der Waals surface area contributed by atoms with Crippen LogP contribution in [0, 0.1) is 0 Å². The Bertz CT molecular complexity index is 439. The first-order valence-corrected chi connectivity index (χ1v) is 6.20. The van der Waals surface area contributed by atoms with E-state index in [4.69, 9.17) is 11.6 Å². The summed E-state index contributed by atoms with van der Waals surface area (Å²) in [4.78, 5) is 12.3. The van der Waals surface area contributed by atoms with Crippen molar-refractivity contribution in [3.8, 4) is 0 Å². The molecule has 0 aromatic carbocycles. The van der Waals surface area contributed by atoms with E-state index in [-0.39, 0.29) is 18.1 Å². The van der Waals surface area contributed by atoms with Crippen molar-refractivity contribution in [3.05, 3.63) is 6.07 Å². The van der Waals surface area contributed by atoms with E-state index in [1.807, 2.05) is 19.0 Å². The molecule has 1 aliphatic heterocycles. The van der Waals surface area contributed by atoms with Crippen LogP contribution in [0.15, 0.2) is 6.07 Å². The van der Waals surface area contributed by atoms with Crippen LogP contribution in [0.1, 0.15) is 6.42 Å². The Balaban J connectivity index is 2.25. The highest BCUT2D eigenvalue weighted by Gasteiger charge is 2.32. The maximum atomic E-state index is 9.86. The van der Waals surface area contributed by atoms with Crippen molar-refractivity contribution < 1.29 is 5.11 Å². The number of β-amino-alcohol motifs (C(OH)–C–C–N with tert-alkyl or cyclic N) is 1. The minimum Gasteiger partial charge on any atom is -0.391 e. The second-order valence-corrected chi connectivity index (χ2v) is 5.07. The van der Waals surface area contributed by atoms with Gasteiger partial charge in [-0.3, -0.25) is 0 Å². The molecule has 0 aliphatic carbocycles. The van der Waals surface area contributed by atoms with E-state index in [9.17, 15) is 5.11 Å². The molecule has 8 nitrogen and oxygen atoms in total. The number of aliphatic hydroxyl groups is 1. The summed E-state index contributed by atoms with van der Waals surface area (Å²) in [7, 11) is 4.01. The molecule has 2 unspecified atom stereocenters. The van der Waals surface area contributed by atoms with Crippen molar-refractivity contribution in [1.29, 1.82) is 0 Å². The molecule has 1 saturated heterocycles. The lowest BCUT2D eigenvalue weighted by Gasteiger charge is -2.27. The van der Waals surface area contributed by atoms with Gasteiger partial charge in [0.1, 0.15) is 11.6 Å². The van der Waals surface area contributed by atoms with E-state index < -0.39 is 0 Å². The molecule has 2 atom stereocenters. The lowest BCUT2D eigenvalue weighted by molar-refractivity contribution is 0.191. The maximum Gasteiger partial charge on any atom is 0.223 e. The fraction of sp³-hybridized carbons (Fsp3) is 0.636. The molecule has 19 heavy (non-hydrogen) atoms. The molecule has 1 aromatic rings. The Morgan fingerprint density at radius 2 is 2.26 bits per heavy atom. The summed E-state index contributed by atoms with van der Waals surface area (Å²) in [6.45, 7) is 1.38. The van der Waals surface area contributed by atoms with Gasteiger partial charge in [-0.15, -0.1) is 0 Å². The third-order valence-electron chi connectivity index (χ3n) is 3.14. The second kappa shape index (κ2) is 5.55. The Labute approximate surface area is 112 Å². The van der Waals surface area contributed by atoms with Gasteiger partial charge in [-0.25, -0.2) is 5.84 Å². The quantitative estimate of drug-likeness (QED) is 0.399. The highest BCUT2D eigenvalue weighted by atomic mass is 16.3. The van der Waals surface area contributed by atoms with E-state index in [0.29, 0.717) is 24.6 Å². The number of hydrogen-bond donors (Lipinski definition) is 4. The number of hydrogen-bond acceptors (Lipinski definition) is 8. The molecular weight excluding hydrogens is 246 g/mol. The molecule has 2 heterocycles. The van der Waals surface area contributed by atoms with Gasteiger partial charge in [-0.2, -0.15) is 9.97 Å². The van der Waals surface area contributed by atoms with Crippen molar-refractivity contribution in [2.75, 3.05) is 43.2 Å². The standard InChI is InChI=1S/C11H21N7O/c1-17(2)5-7-3-8(19)6-18(7)10-4-9(16-13)14-11(12)15-10/h4,7-8,19H,3,5-6,13H2,1-2H3,(H3,12,14,15,16). The summed E-state index contributed by atoms with van der Waals surface area (Å²) >= 11 is 0. The molecule has 0 amide bonds. The third kappa shape index (κ3) is 3.22. The number of nitrogens with two attached hydrogens (primary N) is 2. The molecule has 1 aromatic heterocycles. The van der Waals surface area contributed by atoms with Crippen LogP contribution in [0.3, 0.4) is 0 Å². The van der Waals surface area contributed by atoms with Gasteiger partial charge in [0, 0.05) is 25.2 Å². The predicted molar refractivity (Wildman–Crippen MR) is 74.6 cm³/mol. The number of aliphatic hydroxyl groups excluding tert-OH is 1. The zero-order valence-corrected chi connectivity index (χ0v) is 11.2. The van der Waals surface area contributed by atoms with Gasteiger partial charge in [0.25, 0.3) is 0 Å². The first-order chi connectivity index (χ1) is 8.99. The Morgan fingerprint density at radius 3 is 2.89 bits per heavy atom. The molecular formula is C11H21N7O. The number of anilines is 3. The van der Waals surface area contributed by atoms with Crippen LogP contribution in [0.4, 0.5) is 17.6 Å². The minimum atomic E-state index is -0.351. The van der Waals surface area contributed by atoms with Crippen LogP contribution in [-0.4, -0.2) is 59.3 Å². The van der Waals surface area contributed by atoms with E-state index in [1.54, 1.807) is 6.07 Å². The average Bonchev–Trinajstić information content (AvgIpc) is 2.68. The summed E-state index contributed by atoms with van der Waals surface area (Å²) in [5.74, 6) is 6.67. The van der Waals surface area contributed by atoms with Gasteiger partial charge in [0.15, 0.2) is 0 Å². The van der Waals surface area contributed by atoms with Gasteiger partial charge >= 0.3 is 0 Å². The predicted octanol–water partition coefficient (Wildman–Crippen LogP) is -1.15. The summed E-state index contributed by atoms with van der Waals surface area (Å²) in [6.07, 6.45) is 0.364. The van der Waals surface area contributed by atoms with Gasteiger partial charge in [0.2, 0.25) is 5.95 Å². The zero-order valence-electron chi connectivity index (χ0n) is 11.2. The van der Waals surface area contributed by atoms with Crippen LogP contribution < -0.4 is 21.9 Å². The first-order valence-electron chi connectivity index (χ1n) is 6.20. The molecule has 6 N–H and O–H groups in total. The number of nitrogens with one attached hydrogen (secondary N) is 1. The molecule has 0 bridgehead atoms. The van der Waals surface area contributed by atoms with Gasteiger partial charge < -0.3 is 26.1 Å². The fourth-order valence-corrected chi connectivity index (χ4v) is 2.44.